The highest BCUT2D eigenvalue weighted by Crippen LogP contribution is 2.18. The maximum Gasteiger partial charge on any atom is 0.229 e. The van der Waals surface area contributed by atoms with Gasteiger partial charge < -0.3 is 15.0 Å². The van der Waals surface area contributed by atoms with Crippen molar-refractivity contribution in [1.29, 1.82) is 0 Å². The van der Waals surface area contributed by atoms with Crippen molar-refractivity contribution in [2.45, 2.75) is 52.1 Å². The molecule has 1 aliphatic heterocycles. The number of amides is 1. The molecule has 1 heterocycles. The normalized spacial score (nSPS) is 23.6. The van der Waals surface area contributed by atoms with Crippen LogP contribution in [0.15, 0.2) is 0 Å². The number of ether oxygens (including phenoxy) is 1. The van der Waals surface area contributed by atoms with E-state index in [0.717, 1.165) is 13.0 Å². The number of carbonyl (C=O) groups excluding carboxylic acids is 1. The fourth-order valence-electron chi connectivity index (χ4n) is 2.45. The van der Waals surface area contributed by atoms with E-state index in [-0.39, 0.29) is 23.9 Å². The van der Waals surface area contributed by atoms with E-state index in [9.17, 15) is 4.79 Å². The molecule has 1 fully saturated rings. The summed E-state index contributed by atoms with van der Waals surface area (Å²) in [4.78, 5) is 14.6. The Morgan fingerprint density at radius 1 is 1.39 bits per heavy atom. The molecule has 1 amide bonds. The van der Waals surface area contributed by atoms with Gasteiger partial charge in [0.15, 0.2) is 0 Å². The molecule has 0 spiro atoms. The van der Waals surface area contributed by atoms with E-state index in [2.05, 4.69) is 26.1 Å². The molecule has 1 rings (SSSR count). The molecule has 0 aromatic heterocycles. The average Bonchev–Trinajstić information content (AvgIpc) is 2.81. The highest BCUT2D eigenvalue weighted by molar-refractivity contribution is 5.80. The van der Waals surface area contributed by atoms with Gasteiger partial charge in [0.25, 0.3) is 0 Å². The second kappa shape index (κ2) is 7.74. The Morgan fingerprint density at radius 3 is 2.67 bits per heavy atom. The summed E-state index contributed by atoms with van der Waals surface area (Å²) in [5.41, 5.74) is 0. The fourth-order valence-corrected chi connectivity index (χ4v) is 2.45. The highest BCUT2D eigenvalue weighted by atomic mass is 16.5. The molecule has 18 heavy (non-hydrogen) atoms. The van der Waals surface area contributed by atoms with E-state index in [1.807, 2.05) is 11.9 Å². The van der Waals surface area contributed by atoms with E-state index >= 15 is 0 Å². The molecule has 1 saturated heterocycles. The second-order valence-corrected chi connectivity index (χ2v) is 5.37. The maximum atomic E-state index is 12.6. The Balaban J connectivity index is 2.58. The van der Waals surface area contributed by atoms with E-state index in [1.165, 1.54) is 12.8 Å². The van der Waals surface area contributed by atoms with Gasteiger partial charge in [-0.2, -0.15) is 0 Å². The highest BCUT2D eigenvalue weighted by Gasteiger charge is 2.36. The minimum atomic E-state index is -0.0148. The number of nitrogens with zero attached hydrogens (tertiary/aromatic N) is 1. The maximum absolute atomic E-state index is 12.6. The van der Waals surface area contributed by atoms with Gasteiger partial charge in [0.1, 0.15) is 0 Å². The van der Waals surface area contributed by atoms with Gasteiger partial charge in [-0.3, -0.25) is 4.79 Å². The van der Waals surface area contributed by atoms with Crippen LogP contribution in [0, 0.1) is 5.92 Å². The van der Waals surface area contributed by atoms with Crippen molar-refractivity contribution in [2.24, 2.45) is 5.92 Å². The first-order valence-electron chi connectivity index (χ1n) is 7.17. The fraction of sp³-hybridized carbons (Fsp3) is 0.929. The Hall–Kier alpha value is -0.610. The minimum Gasteiger partial charge on any atom is -0.379 e. The van der Waals surface area contributed by atoms with Crippen LogP contribution in [0.5, 0.6) is 0 Å². The van der Waals surface area contributed by atoms with Gasteiger partial charge in [0.2, 0.25) is 5.91 Å². The van der Waals surface area contributed by atoms with Gasteiger partial charge in [-0.15, -0.1) is 0 Å². The number of unbranched alkanes of at least 4 members (excludes halogenated alkanes) is 2. The summed E-state index contributed by atoms with van der Waals surface area (Å²) < 4.78 is 5.43. The second-order valence-electron chi connectivity index (χ2n) is 5.37. The summed E-state index contributed by atoms with van der Waals surface area (Å²) in [6, 6.07) is 0.442. The molecular weight excluding hydrogens is 228 g/mol. The van der Waals surface area contributed by atoms with E-state index in [0.29, 0.717) is 13.2 Å². The molecular formula is C14H28N2O2. The van der Waals surface area contributed by atoms with Gasteiger partial charge in [0, 0.05) is 18.6 Å². The van der Waals surface area contributed by atoms with Crippen LogP contribution in [0.4, 0.5) is 0 Å². The molecule has 0 bridgehead atoms. The van der Waals surface area contributed by atoms with Gasteiger partial charge in [-0.1, -0.05) is 19.8 Å². The van der Waals surface area contributed by atoms with Crippen molar-refractivity contribution < 1.29 is 9.53 Å². The Bertz CT molecular complexity index is 256. The van der Waals surface area contributed by atoms with Gasteiger partial charge in [-0.05, 0) is 27.3 Å². The lowest BCUT2D eigenvalue weighted by atomic mass is 10.0. The molecule has 2 unspecified atom stereocenters. The Kier molecular flexibility index (Phi) is 6.65. The zero-order chi connectivity index (χ0) is 13.5. The standard InChI is InChI=1S/C14H28N2O2/c1-5-6-7-8-16(11(2)3)14(17)12-9-18-10-13(12)15-4/h11-13,15H,5-10H2,1-4H3. The molecule has 0 saturated carbocycles. The summed E-state index contributed by atoms with van der Waals surface area (Å²) in [6.45, 7) is 8.44. The molecule has 0 radical (unpaired) electrons. The van der Waals surface area contributed by atoms with Crippen molar-refractivity contribution in [3.63, 3.8) is 0 Å². The number of likely N-dealkylation sites (N-methyl/N-ethyl adjacent to an activating group) is 1. The first-order chi connectivity index (χ1) is 8.61. The number of rotatable bonds is 7. The first-order valence-corrected chi connectivity index (χ1v) is 7.17. The van der Waals surface area contributed by atoms with Gasteiger partial charge in [0.05, 0.1) is 19.1 Å². The number of hydrogen-bond acceptors (Lipinski definition) is 3. The van der Waals surface area contributed by atoms with Crippen LogP contribution in [-0.2, 0) is 9.53 Å². The number of carbonyl (C=O) groups is 1. The van der Waals surface area contributed by atoms with Crippen LogP contribution in [-0.4, -0.2) is 49.7 Å². The molecule has 2 atom stereocenters. The van der Waals surface area contributed by atoms with Crippen LogP contribution in [0.1, 0.15) is 40.0 Å². The van der Waals surface area contributed by atoms with Crippen LogP contribution in [0.3, 0.4) is 0 Å². The van der Waals surface area contributed by atoms with Crippen LogP contribution in [0.2, 0.25) is 0 Å². The monoisotopic (exact) mass is 256 g/mol. The number of nitrogens with one attached hydrogen (secondary N) is 1. The summed E-state index contributed by atoms with van der Waals surface area (Å²) in [7, 11) is 1.90. The van der Waals surface area contributed by atoms with Crippen LogP contribution in [0.25, 0.3) is 0 Å². The first kappa shape index (κ1) is 15.4. The smallest absolute Gasteiger partial charge is 0.229 e. The summed E-state index contributed by atoms with van der Waals surface area (Å²) in [5.74, 6) is 0.233. The van der Waals surface area contributed by atoms with Crippen molar-refractivity contribution in [3.05, 3.63) is 0 Å². The lowest BCUT2D eigenvalue weighted by molar-refractivity contribution is -0.137. The van der Waals surface area contributed by atoms with Gasteiger partial charge in [-0.25, -0.2) is 0 Å². The van der Waals surface area contributed by atoms with Crippen LogP contribution >= 0.6 is 0 Å². The van der Waals surface area contributed by atoms with Crippen molar-refractivity contribution in [3.8, 4) is 0 Å². The molecule has 106 valence electrons. The third-order valence-electron chi connectivity index (χ3n) is 3.68. The molecule has 0 aromatic rings. The topological polar surface area (TPSA) is 41.6 Å². The van der Waals surface area contributed by atoms with Crippen molar-refractivity contribution >= 4 is 5.91 Å². The quantitative estimate of drug-likeness (QED) is 0.704. The minimum absolute atomic E-state index is 0.0148. The van der Waals surface area contributed by atoms with Crippen molar-refractivity contribution in [2.75, 3.05) is 26.8 Å². The van der Waals surface area contributed by atoms with E-state index < -0.39 is 0 Å². The third-order valence-corrected chi connectivity index (χ3v) is 3.68. The molecule has 1 aliphatic rings. The third kappa shape index (κ3) is 3.95. The Labute approximate surface area is 111 Å². The predicted molar refractivity (Wildman–Crippen MR) is 73.5 cm³/mol. The molecule has 0 aliphatic carbocycles. The van der Waals surface area contributed by atoms with E-state index in [1.54, 1.807) is 0 Å². The SMILES string of the molecule is CCCCCN(C(=O)C1COCC1NC)C(C)C. The zero-order valence-corrected chi connectivity index (χ0v) is 12.2. The molecule has 4 heteroatoms. The Morgan fingerprint density at radius 2 is 2.11 bits per heavy atom. The van der Waals surface area contributed by atoms with Crippen molar-refractivity contribution in [1.82, 2.24) is 10.2 Å². The number of hydrogen-bond donors (Lipinski definition) is 1. The summed E-state index contributed by atoms with van der Waals surface area (Å²) in [5, 5.41) is 3.18. The summed E-state index contributed by atoms with van der Waals surface area (Å²) in [6.07, 6.45) is 3.47. The van der Waals surface area contributed by atoms with Gasteiger partial charge >= 0.3 is 0 Å². The lowest BCUT2D eigenvalue weighted by Crippen LogP contribution is -2.47. The zero-order valence-electron chi connectivity index (χ0n) is 12.2. The van der Waals surface area contributed by atoms with E-state index in [4.69, 9.17) is 4.74 Å². The largest absolute Gasteiger partial charge is 0.379 e. The molecule has 4 nitrogen and oxygen atoms in total. The lowest BCUT2D eigenvalue weighted by Gasteiger charge is -2.30. The molecule has 0 aromatic carbocycles. The summed E-state index contributed by atoms with van der Waals surface area (Å²) >= 11 is 0. The molecule has 1 N–H and O–H groups in total. The van der Waals surface area contributed by atoms with Crippen LogP contribution < -0.4 is 5.32 Å². The predicted octanol–water partition coefficient (Wildman–Crippen LogP) is 1.65. The average molecular weight is 256 g/mol.